The van der Waals surface area contributed by atoms with Crippen LogP contribution >= 0.6 is 7.11 Å². The molecule has 2 amide bonds. The Kier molecular flexibility index (Phi) is 11.0. The van der Waals surface area contributed by atoms with Crippen LogP contribution in [0.3, 0.4) is 0 Å². The molecule has 0 saturated heterocycles. The van der Waals surface area contributed by atoms with Gasteiger partial charge in [-0.2, -0.15) is 0 Å². The van der Waals surface area contributed by atoms with Crippen LogP contribution in [0.4, 0.5) is 9.59 Å². The number of aliphatic hydroxyl groups is 1. The first-order valence-corrected chi connectivity index (χ1v) is 16.2. The summed E-state index contributed by atoms with van der Waals surface area (Å²) < 4.78 is 5.67. The number of amides is 2. The average molecular weight is 529 g/mol. The van der Waals surface area contributed by atoms with Gasteiger partial charge in [-0.05, 0) is 92.9 Å². The van der Waals surface area contributed by atoms with Gasteiger partial charge < -0.3 is 30.5 Å². The lowest BCUT2D eigenvalue weighted by molar-refractivity contribution is 0.102. The Morgan fingerprint density at radius 1 is 1.14 bits per heavy atom. The zero-order valence-corrected chi connectivity index (χ0v) is 23.2. The van der Waals surface area contributed by atoms with E-state index in [9.17, 15) is 24.7 Å². The van der Waals surface area contributed by atoms with Gasteiger partial charge in [-0.25, -0.2) is 9.59 Å². The summed E-state index contributed by atoms with van der Waals surface area (Å²) in [6.07, 6.45) is 11.5. The number of hydrogen-bond acceptors (Lipinski definition) is 5. The van der Waals surface area contributed by atoms with E-state index in [2.05, 4.69) is 24.5 Å². The van der Waals surface area contributed by atoms with Crippen LogP contribution in [0.5, 0.6) is 0 Å². The second-order valence-electron chi connectivity index (χ2n) is 11.6. The molecule has 3 atom stereocenters. The van der Waals surface area contributed by atoms with Crippen LogP contribution in [0.15, 0.2) is 0 Å². The van der Waals surface area contributed by atoms with Crippen molar-refractivity contribution >= 4 is 24.6 Å². The maximum absolute atomic E-state index is 13.0. The summed E-state index contributed by atoms with van der Waals surface area (Å²) in [5, 5.41) is 26.2. The molecule has 0 heterocycles. The Labute approximate surface area is 217 Å². The van der Waals surface area contributed by atoms with Crippen LogP contribution in [-0.4, -0.2) is 63.8 Å². The normalized spacial score (nSPS) is 26.5. The minimum Gasteiger partial charge on any atom is -0.465 e. The van der Waals surface area contributed by atoms with Gasteiger partial charge in [-0.3, -0.25) is 0 Å². The van der Waals surface area contributed by atoms with E-state index in [1.807, 2.05) is 0 Å². The average Bonchev–Trinajstić information content (AvgIpc) is 3.62. The minimum atomic E-state index is -2.71. The molecule has 3 rings (SSSR count). The fourth-order valence-electron chi connectivity index (χ4n) is 6.40. The summed E-state index contributed by atoms with van der Waals surface area (Å²) in [7, 11) is -2.71. The standard InChI is InChI=1S/C27H49N2O6P/c1-3-7-20(4-2)17-35-26(33)29-24(16-21-8-10-22(30)11-9-21)36(34,23-12-13-23)19-27(14-5-6-15-27)18-28-25(31)32/h20-22,24,28,30,34H,3-19H2,1-2H3,(H,29,33)(H,31,32). The van der Waals surface area contributed by atoms with Gasteiger partial charge in [0.1, 0.15) is 0 Å². The molecule has 0 aromatic carbocycles. The molecule has 3 saturated carbocycles. The first-order valence-electron chi connectivity index (χ1n) is 14.2. The number of carboxylic acid groups (broad SMARTS) is 1. The van der Waals surface area contributed by atoms with Crippen LogP contribution < -0.4 is 10.6 Å². The van der Waals surface area contributed by atoms with E-state index < -0.39 is 19.3 Å². The number of rotatable bonds is 13. The largest absolute Gasteiger partial charge is 0.465 e. The maximum Gasteiger partial charge on any atom is 0.407 e. The lowest BCUT2D eigenvalue weighted by atomic mass is 9.85. The smallest absolute Gasteiger partial charge is 0.407 e. The van der Waals surface area contributed by atoms with Gasteiger partial charge in [0.2, 0.25) is 0 Å². The molecule has 3 fully saturated rings. The molecule has 0 bridgehead atoms. The van der Waals surface area contributed by atoms with E-state index in [4.69, 9.17) is 4.74 Å². The number of alkyl carbamates (subject to hydrolysis) is 1. The van der Waals surface area contributed by atoms with Crippen molar-refractivity contribution < 1.29 is 29.4 Å². The summed E-state index contributed by atoms with van der Waals surface area (Å²) in [6, 6.07) is 0. The van der Waals surface area contributed by atoms with Crippen molar-refractivity contribution in [3.05, 3.63) is 0 Å². The quantitative estimate of drug-likeness (QED) is 0.200. The summed E-state index contributed by atoms with van der Waals surface area (Å²) in [4.78, 5) is 36.8. The summed E-state index contributed by atoms with van der Waals surface area (Å²) in [6.45, 7) is 4.98. The minimum absolute atomic E-state index is 0.252. The lowest BCUT2D eigenvalue weighted by Crippen LogP contribution is -2.43. The molecule has 0 spiro atoms. The first-order chi connectivity index (χ1) is 17.2. The van der Waals surface area contributed by atoms with Crippen LogP contribution in [0, 0.1) is 17.3 Å². The predicted octanol–water partition coefficient (Wildman–Crippen LogP) is 5.53. The molecule has 208 valence electrons. The molecule has 0 aromatic rings. The van der Waals surface area contributed by atoms with Crippen molar-refractivity contribution in [3.63, 3.8) is 0 Å². The zero-order valence-electron chi connectivity index (χ0n) is 22.3. The summed E-state index contributed by atoms with van der Waals surface area (Å²) in [5.41, 5.74) is -0.266. The molecular formula is C27H49N2O6P. The fraction of sp³-hybridized carbons (Fsp3) is 0.889. The zero-order chi connectivity index (χ0) is 26.2. The molecule has 8 nitrogen and oxygen atoms in total. The lowest BCUT2D eigenvalue weighted by Gasteiger charge is -2.40. The van der Waals surface area contributed by atoms with E-state index in [1.165, 1.54) is 5.29 Å². The molecule has 0 aromatic heterocycles. The van der Waals surface area contributed by atoms with Gasteiger partial charge in [0.15, 0.2) is 0 Å². The predicted molar refractivity (Wildman–Crippen MR) is 145 cm³/mol. The number of carbonyl (C=O) groups excluding carboxylic acids is 1. The van der Waals surface area contributed by atoms with Crippen molar-refractivity contribution in [2.24, 2.45) is 17.3 Å². The van der Waals surface area contributed by atoms with Crippen LogP contribution in [-0.2, 0) is 4.74 Å². The van der Waals surface area contributed by atoms with E-state index in [1.54, 1.807) is 0 Å². The van der Waals surface area contributed by atoms with Crippen molar-refractivity contribution in [3.8, 4) is 0 Å². The van der Waals surface area contributed by atoms with Gasteiger partial charge >= 0.3 is 12.2 Å². The van der Waals surface area contributed by atoms with E-state index in [-0.39, 0.29) is 17.3 Å². The van der Waals surface area contributed by atoms with Gasteiger partial charge in [0.05, 0.1) is 18.5 Å². The molecule has 3 aliphatic rings. The van der Waals surface area contributed by atoms with Crippen LogP contribution in [0.2, 0.25) is 0 Å². The monoisotopic (exact) mass is 528 g/mol. The topological polar surface area (TPSA) is 128 Å². The highest BCUT2D eigenvalue weighted by atomic mass is 31.2. The molecule has 3 aliphatic carbocycles. The first kappa shape index (κ1) is 29.3. The third-order valence-corrected chi connectivity index (χ3v) is 12.8. The maximum atomic E-state index is 13.0. The molecular weight excluding hydrogens is 479 g/mol. The molecule has 9 heteroatoms. The number of aliphatic hydroxyl groups excluding tert-OH is 1. The number of ether oxygens (including phenoxy) is 1. The third-order valence-electron chi connectivity index (χ3n) is 8.77. The van der Waals surface area contributed by atoms with Crippen LogP contribution in [0.1, 0.15) is 104 Å². The Balaban J connectivity index is 1.80. The summed E-state index contributed by atoms with van der Waals surface area (Å²) >= 11 is 0. The van der Waals surface area contributed by atoms with E-state index in [0.29, 0.717) is 37.6 Å². The SMILES string of the molecule is CCCC(CC)COC(=O)NC(CC1CCC(O)CC1)P(O)(CC1(CNC(=O)O)CCCC1)=C1CC1. The second kappa shape index (κ2) is 13.5. The Morgan fingerprint density at radius 2 is 1.81 bits per heavy atom. The van der Waals surface area contributed by atoms with Gasteiger partial charge in [-0.1, -0.05) is 39.5 Å². The highest BCUT2D eigenvalue weighted by Crippen LogP contribution is 2.61. The molecule has 0 radical (unpaired) electrons. The number of nitrogens with one attached hydrogen (secondary N) is 2. The van der Waals surface area contributed by atoms with Gasteiger partial charge in [0, 0.05) is 13.7 Å². The number of carbonyl (C=O) groups is 2. The van der Waals surface area contributed by atoms with Crippen molar-refractivity contribution in [1.29, 1.82) is 0 Å². The Hall–Kier alpha value is -1.24. The fourth-order valence-corrected chi connectivity index (χ4v) is 10.6. The van der Waals surface area contributed by atoms with Crippen molar-refractivity contribution in [2.75, 3.05) is 19.3 Å². The van der Waals surface area contributed by atoms with Crippen molar-refractivity contribution in [2.45, 2.75) is 116 Å². The highest BCUT2D eigenvalue weighted by Gasteiger charge is 2.45. The molecule has 36 heavy (non-hydrogen) atoms. The van der Waals surface area contributed by atoms with Crippen molar-refractivity contribution in [1.82, 2.24) is 10.6 Å². The Bertz CT molecular complexity index is 783. The summed E-state index contributed by atoms with van der Waals surface area (Å²) in [5.74, 6) is 0.301. The van der Waals surface area contributed by atoms with E-state index in [0.717, 1.165) is 83.5 Å². The second-order valence-corrected chi connectivity index (χ2v) is 14.9. The molecule has 0 aliphatic heterocycles. The van der Waals surface area contributed by atoms with Crippen LogP contribution in [0.25, 0.3) is 0 Å². The molecule has 5 N–H and O–H groups in total. The number of hydrogen-bond donors (Lipinski definition) is 5. The van der Waals surface area contributed by atoms with Gasteiger partial charge in [-0.15, -0.1) is 0 Å². The van der Waals surface area contributed by atoms with E-state index >= 15 is 0 Å². The highest BCUT2D eigenvalue weighted by molar-refractivity contribution is 7.72. The van der Waals surface area contributed by atoms with Gasteiger partial charge in [0.25, 0.3) is 0 Å². The third kappa shape index (κ3) is 8.39. The molecule has 3 unspecified atom stereocenters. The Morgan fingerprint density at radius 3 is 2.36 bits per heavy atom.